The molecular formula is C65H48N4O3. The summed E-state index contributed by atoms with van der Waals surface area (Å²) >= 11 is 0. The van der Waals surface area contributed by atoms with Gasteiger partial charge in [0.05, 0.1) is 22.8 Å². The molecule has 0 atom stereocenters. The first kappa shape index (κ1) is 43.8. The monoisotopic (exact) mass is 932 g/mol. The predicted octanol–water partition coefficient (Wildman–Crippen LogP) is 16.1. The molecule has 7 nitrogen and oxygen atoms in total. The van der Waals surface area contributed by atoms with Crippen molar-refractivity contribution in [1.82, 2.24) is 19.9 Å². The fourth-order valence-electron chi connectivity index (χ4n) is 9.40. The Balaban J connectivity index is 1.05. The van der Waals surface area contributed by atoms with Crippen molar-refractivity contribution >= 4 is 46.4 Å². The van der Waals surface area contributed by atoms with Crippen molar-refractivity contribution in [3.05, 3.63) is 258 Å². The second kappa shape index (κ2) is 19.9. The van der Waals surface area contributed by atoms with Gasteiger partial charge < -0.3 is 24.2 Å². The molecular weight excluding hydrogens is 885 g/mol. The highest BCUT2D eigenvalue weighted by atomic mass is 16.5. The minimum Gasteiger partial charge on any atom is -0.489 e. The molecule has 72 heavy (non-hydrogen) atoms. The van der Waals surface area contributed by atoms with Crippen molar-refractivity contribution in [2.75, 3.05) is 0 Å². The van der Waals surface area contributed by atoms with E-state index in [4.69, 9.17) is 24.2 Å². The van der Waals surface area contributed by atoms with Gasteiger partial charge in [-0.25, -0.2) is 9.97 Å². The number of nitrogens with zero attached hydrogens (tertiary/aromatic N) is 2. The maximum Gasteiger partial charge on any atom is 0.119 e. The molecule has 2 aliphatic rings. The molecule has 0 saturated carbocycles. The van der Waals surface area contributed by atoms with Gasteiger partial charge in [0.1, 0.15) is 37.1 Å². The Bertz CT molecular complexity index is 3670. The summed E-state index contributed by atoms with van der Waals surface area (Å²) < 4.78 is 18.8. The highest BCUT2D eigenvalue weighted by Crippen LogP contribution is 2.39. The van der Waals surface area contributed by atoms with E-state index in [1.807, 2.05) is 97.1 Å². The maximum atomic E-state index is 6.26. The third kappa shape index (κ3) is 9.35. The Hall–Kier alpha value is -9.46. The van der Waals surface area contributed by atoms with Crippen LogP contribution < -0.4 is 14.2 Å². The molecule has 2 aliphatic heterocycles. The number of rotatable bonds is 13. The van der Waals surface area contributed by atoms with Gasteiger partial charge in [-0.15, -0.1) is 0 Å². The van der Waals surface area contributed by atoms with Crippen LogP contribution in [0.2, 0.25) is 0 Å². The van der Waals surface area contributed by atoms with Crippen LogP contribution >= 0.6 is 0 Å². The van der Waals surface area contributed by atoms with Crippen molar-refractivity contribution in [1.29, 1.82) is 0 Å². The molecule has 0 unspecified atom stereocenters. The van der Waals surface area contributed by atoms with E-state index in [2.05, 4.69) is 156 Å². The highest BCUT2D eigenvalue weighted by Gasteiger charge is 2.19. The Morgan fingerprint density at radius 3 is 0.792 bits per heavy atom. The molecule has 7 aromatic carbocycles. The van der Waals surface area contributed by atoms with Gasteiger partial charge in [-0.1, -0.05) is 158 Å². The molecule has 12 rings (SSSR count). The molecule has 0 fully saturated rings. The zero-order valence-corrected chi connectivity index (χ0v) is 39.3. The molecule has 0 amide bonds. The van der Waals surface area contributed by atoms with Gasteiger partial charge in [-0.3, -0.25) is 0 Å². The minimum absolute atomic E-state index is 0.477. The molecule has 7 heteroatoms. The molecule has 0 radical (unpaired) electrons. The third-order valence-corrected chi connectivity index (χ3v) is 13.0. The number of H-pyrrole nitrogens is 2. The van der Waals surface area contributed by atoms with Crippen LogP contribution in [0.25, 0.3) is 90.9 Å². The summed E-state index contributed by atoms with van der Waals surface area (Å²) in [6.07, 6.45) is 8.49. The van der Waals surface area contributed by atoms with Crippen molar-refractivity contribution < 1.29 is 14.2 Å². The average Bonchev–Trinajstić information content (AvgIpc) is 4.30. The molecule has 346 valence electrons. The van der Waals surface area contributed by atoms with Gasteiger partial charge in [0, 0.05) is 44.3 Å². The highest BCUT2D eigenvalue weighted by molar-refractivity contribution is 6.00. The topological polar surface area (TPSA) is 85.0 Å². The number of aromatic amines is 2. The van der Waals surface area contributed by atoms with Gasteiger partial charge in [-0.05, 0) is 124 Å². The van der Waals surface area contributed by atoms with Gasteiger partial charge in [0.2, 0.25) is 0 Å². The minimum atomic E-state index is 0.477. The summed E-state index contributed by atoms with van der Waals surface area (Å²) in [5, 5.41) is 0. The molecule has 10 aromatic rings. The van der Waals surface area contributed by atoms with Gasteiger partial charge in [0.15, 0.2) is 0 Å². The van der Waals surface area contributed by atoms with Crippen molar-refractivity contribution in [2.45, 2.75) is 19.8 Å². The number of aromatic nitrogens is 4. The van der Waals surface area contributed by atoms with Crippen LogP contribution in [0, 0.1) is 0 Å². The molecule has 2 N–H and O–H groups in total. The first-order valence-electron chi connectivity index (χ1n) is 24.2. The van der Waals surface area contributed by atoms with E-state index in [1.54, 1.807) is 0 Å². The molecule has 0 saturated heterocycles. The summed E-state index contributed by atoms with van der Waals surface area (Å²) in [5.41, 5.74) is 18.2. The number of nitrogens with one attached hydrogen (secondary N) is 2. The average molecular weight is 933 g/mol. The van der Waals surface area contributed by atoms with E-state index in [9.17, 15) is 0 Å². The number of hydrogen-bond acceptors (Lipinski definition) is 5. The Kier molecular flexibility index (Phi) is 12.1. The summed E-state index contributed by atoms with van der Waals surface area (Å²) in [4.78, 5) is 18.7. The van der Waals surface area contributed by atoms with Crippen LogP contribution in [0.3, 0.4) is 0 Å². The van der Waals surface area contributed by atoms with E-state index in [1.165, 1.54) is 0 Å². The molecule has 3 aromatic heterocycles. The summed E-state index contributed by atoms with van der Waals surface area (Å²) in [7, 11) is 0. The maximum absolute atomic E-state index is 6.26. The summed E-state index contributed by atoms with van der Waals surface area (Å²) in [6, 6.07) is 74.6. The largest absolute Gasteiger partial charge is 0.489 e. The van der Waals surface area contributed by atoms with E-state index in [-0.39, 0.29) is 0 Å². The van der Waals surface area contributed by atoms with Gasteiger partial charge >= 0.3 is 0 Å². The second-order valence-corrected chi connectivity index (χ2v) is 17.8. The fraction of sp³-hybridized carbons (Fsp3) is 0.0462. The number of ether oxygens (including phenoxy) is 3. The zero-order valence-electron chi connectivity index (χ0n) is 39.3. The molecule has 0 aliphatic carbocycles. The number of benzene rings is 7. The van der Waals surface area contributed by atoms with E-state index >= 15 is 0 Å². The second-order valence-electron chi connectivity index (χ2n) is 17.8. The first-order valence-corrected chi connectivity index (χ1v) is 24.2. The van der Waals surface area contributed by atoms with Crippen molar-refractivity contribution in [3.63, 3.8) is 0 Å². The van der Waals surface area contributed by atoms with E-state index in [0.29, 0.717) is 19.8 Å². The van der Waals surface area contributed by atoms with Crippen LogP contribution in [0.1, 0.15) is 39.5 Å². The lowest BCUT2D eigenvalue weighted by atomic mass is 10.0. The fourth-order valence-corrected chi connectivity index (χ4v) is 9.40. The molecule has 8 bridgehead atoms. The predicted molar refractivity (Wildman–Crippen MR) is 293 cm³/mol. The van der Waals surface area contributed by atoms with Crippen molar-refractivity contribution in [3.8, 4) is 61.8 Å². The normalized spacial score (nSPS) is 11.7. The van der Waals surface area contributed by atoms with E-state index in [0.717, 1.165) is 123 Å². The SMILES string of the molecule is C1=Cc2nc1c(-c1ccccc1)c1ccc([nH]1)c(-c1ccc(OCc3ccccc3)cc1)c1nc(c(-c3ccc(OCc4ccccc4)cc3)c3ccc([nH]3)c2-c2ccc(OCc3ccccc3)cc2)C=C1. The van der Waals surface area contributed by atoms with Gasteiger partial charge in [0.25, 0.3) is 0 Å². The quantitative estimate of drug-likeness (QED) is 0.120. The Morgan fingerprint density at radius 2 is 0.514 bits per heavy atom. The van der Waals surface area contributed by atoms with E-state index < -0.39 is 0 Å². The van der Waals surface area contributed by atoms with Crippen LogP contribution in [0.4, 0.5) is 0 Å². The number of hydrogen-bond donors (Lipinski definition) is 2. The number of fused-ring (bicyclic) bond motifs is 8. The standard InChI is InChI=1S/C65H48N4O3/c1-5-13-44(14-6-1)41-70-51-27-21-48(22-28-51)63-56-35-33-54(66-56)62(47-19-11-4-12-20-47)55-34-36-57(67-55)64(49-23-29-52(30-24-49)71-42-45-15-7-2-8-16-45)59-38-40-61(69-59)65(60-39-37-58(63)68-60)50-25-31-53(32-26-50)72-43-46-17-9-3-10-18-46/h1-40,66,69H,41-43H2. The molecule has 0 spiro atoms. The smallest absolute Gasteiger partial charge is 0.119 e. The van der Waals surface area contributed by atoms with Crippen LogP contribution in [-0.2, 0) is 19.8 Å². The lowest BCUT2D eigenvalue weighted by Gasteiger charge is -2.10. The van der Waals surface area contributed by atoms with Crippen LogP contribution in [-0.4, -0.2) is 19.9 Å². The zero-order chi connectivity index (χ0) is 48.1. The van der Waals surface area contributed by atoms with Gasteiger partial charge in [-0.2, -0.15) is 0 Å². The lowest BCUT2D eigenvalue weighted by molar-refractivity contribution is 0.306. The van der Waals surface area contributed by atoms with Crippen LogP contribution in [0.5, 0.6) is 17.2 Å². The van der Waals surface area contributed by atoms with Crippen LogP contribution in [0.15, 0.2) is 218 Å². The molecule has 5 heterocycles. The third-order valence-electron chi connectivity index (χ3n) is 13.0. The first-order chi connectivity index (χ1) is 35.6. The Labute approximate surface area is 418 Å². The summed E-state index contributed by atoms with van der Waals surface area (Å²) in [6.45, 7) is 1.44. The van der Waals surface area contributed by atoms with Crippen molar-refractivity contribution in [2.24, 2.45) is 0 Å². The lowest BCUT2D eigenvalue weighted by Crippen LogP contribution is -1.95. The Morgan fingerprint density at radius 1 is 0.264 bits per heavy atom. The summed E-state index contributed by atoms with van der Waals surface area (Å²) in [5.74, 6) is 2.36.